The first-order chi connectivity index (χ1) is 13.9. The van der Waals surface area contributed by atoms with Crippen LogP contribution in [0.2, 0.25) is 0 Å². The van der Waals surface area contributed by atoms with E-state index in [0.717, 1.165) is 43.4 Å². The number of benzene rings is 2. The fraction of sp³-hybridized carbons (Fsp3) is 0.423. The van der Waals surface area contributed by atoms with Crippen LogP contribution in [-0.4, -0.2) is 23.0 Å². The Morgan fingerprint density at radius 1 is 1.14 bits per heavy atom. The summed E-state index contributed by atoms with van der Waals surface area (Å²) < 4.78 is 0. The van der Waals surface area contributed by atoms with Gasteiger partial charge >= 0.3 is 0 Å². The Morgan fingerprint density at radius 2 is 1.93 bits per heavy atom. The van der Waals surface area contributed by atoms with Gasteiger partial charge in [0.1, 0.15) is 0 Å². The third kappa shape index (κ3) is 4.45. The second kappa shape index (κ2) is 8.16. The van der Waals surface area contributed by atoms with Crippen molar-refractivity contribution >= 4 is 11.5 Å². The van der Waals surface area contributed by atoms with E-state index in [1.807, 2.05) is 12.1 Å². The number of aliphatic hydroxyl groups is 1. The molecule has 1 heterocycles. The van der Waals surface area contributed by atoms with Gasteiger partial charge in [0.15, 0.2) is 5.78 Å². The van der Waals surface area contributed by atoms with E-state index in [0.29, 0.717) is 0 Å². The summed E-state index contributed by atoms with van der Waals surface area (Å²) in [6.45, 7) is 4.56. The lowest BCUT2D eigenvalue weighted by atomic mass is 9.78. The summed E-state index contributed by atoms with van der Waals surface area (Å²) in [7, 11) is 0. The van der Waals surface area contributed by atoms with Gasteiger partial charge in [0, 0.05) is 35.4 Å². The van der Waals surface area contributed by atoms with Crippen molar-refractivity contribution in [1.29, 1.82) is 0 Å². The SMILES string of the molecule is CC1(C)Cc2cc(-c3ccccc3)ccc2/C(=C/C(=O)C2CCCC(CO)C2)N1. The molecule has 1 fully saturated rings. The van der Waals surface area contributed by atoms with Gasteiger partial charge in [-0.15, -0.1) is 0 Å². The molecule has 3 heteroatoms. The molecular formula is C26H31NO2. The van der Waals surface area contributed by atoms with Crippen molar-refractivity contribution in [1.82, 2.24) is 5.32 Å². The number of carbonyl (C=O) groups excluding carboxylic acids is 1. The van der Waals surface area contributed by atoms with Crippen LogP contribution in [0.4, 0.5) is 0 Å². The van der Waals surface area contributed by atoms with Gasteiger partial charge in [-0.05, 0) is 62.1 Å². The number of hydrogen-bond donors (Lipinski definition) is 2. The molecule has 3 nitrogen and oxygen atoms in total. The zero-order valence-electron chi connectivity index (χ0n) is 17.4. The summed E-state index contributed by atoms with van der Waals surface area (Å²) >= 11 is 0. The average Bonchev–Trinajstić information content (AvgIpc) is 2.73. The van der Waals surface area contributed by atoms with Gasteiger partial charge in [0.05, 0.1) is 0 Å². The van der Waals surface area contributed by atoms with Crippen molar-refractivity contribution in [3.63, 3.8) is 0 Å². The van der Waals surface area contributed by atoms with E-state index in [1.54, 1.807) is 0 Å². The fourth-order valence-corrected chi connectivity index (χ4v) is 4.85. The van der Waals surface area contributed by atoms with Gasteiger partial charge in [-0.1, -0.05) is 55.0 Å². The summed E-state index contributed by atoms with van der Waals surface area (Å²) in [6, 6.07) is 17.0. The molecule has 1 aliphatic heterocycles. The molecule has 2 aromatic carbocycles. The van der Waals surface area contributed by atoms with Crippen LogP contribution in [-0.2, 0) is 11.2 Å². The van der Waals surface area contributed by atoms with Crippen LogP contribution in [0.15, 0.2) is 54.6 Å². The Kier molecular flexibility index (Phi) is 5.60. The quantitative estimate of drug-likeness (QED) is 0.725. The molecular weight excluding hydrogens is 358 g/mol. The lowest BCUT2D eigenvalue weighted by molar-refractivity contribution is -0.119. The molecule has 4 rings (SSSR count). The van der Waals surface area contributed by atoms with Crippen LogP contribution in [0.25, 0.3) is 16.8 Å². The van der Waals surface area contributed by atoms with Crippen LogP contribution in [0.1, 0.15) is 50.7 Å². The molecule has 0 radical (unpaired) electrons. The second-order valence-corrected chi connectivity index (χ2v) is 9.30. The zero-order chi connectivity index (χ0) is 20.4. The first-order valence-corrected chi connectivity index (χ1v) is 10.8. The summed E-state index contributed by atoms with van der Waals surface area (Å²) in [5, 5.41) is 13.1. The van der Waals surface area contributed by atoms with E-state index in [9.17, 15) is 9.90 Å². The fourth-order valence-electron chi connectivity index (χ4n) is 4.85. The first kappa shape index (κ1) is 19.9. The van der Waals surface area contributed by atoms with E-state index in [4.69, 9.17) is 0 Å². The van der Waals surface area contributed by atoms with Gasteiger partial charge in [0.2, 0.25) is 0 Å². The Labute approximate surface area is 173 Å². The van der Waals surface area contributed by atoms with Crippen LogP contribution < -0.4 is 5.32 Å². The number of carbonyl (C=O) groups is 1. The maximum Gasteiger partial charge on any atom is 0.160 e. The largest absolute Gasteiger partial charge is 0.396 e. The van der Waals surface area contributed by atoms with Gasteiger partial charge in [-0.2, -0.15) is 0 Å². The monoisotopic (exact) mass is 389 g/mol. The minimum atomic E-state index is -0.103. The molecule has 0 bridgehead atoms. The van der Waals surface area contributed by atoms with E-state index in [2.05, 4.69) is 61.6 Å². The van der Waals surface area contributed by atoms with E-state index in [-0.39, 0.29) is 29.8 Å². The van der Waals surface area contributed by atoms with Crippen molar-refractivity contribution in [2.24, 2.45) is 11.8 Å². The maximum absolute atomic E-state index is 13.0. The lowest BCUT2D eigenvalue weighted by Gasteiger charge is -2.36. The predicted octanol–water partition coefficient (Wildman–Crippen LogP) is 4.99. The van der Waals surface area contributed by atoms with Crippen molar-refractivity contribution in [2.45, 2.75) is 51.5 Å². The molecule has 0 amide bonds. The molecule has 2 aromatic rings. The molecule has 2 unspecified atom stereocenters. The predicted molar refractivity (Wildman–Crippen MR) is 118 cm³/mol. The number of rotatable bonds is 4. The van der Waals surface area contributed by atoms with E-state index in [1.165, 1.54) is 16.7 Å². The topological polar surface area (TPSA) is 49.3 Å². The molecule has 1 aliphatic carbocycles. The molecule has 2 atom stereocenters. The Balaban J connectivity index is 1.65. The number of hydrogen-bond acceptors (Lipinski definition) is 3. The highest BCUT2D eigenvalue weighted by Crippen LogP contribution is 2.34. The molecule has 0 spiro atoms. The summed E-state index contributed by atoms with van der Waals surface area (Å²) in [6.07, 6.45) is 6.55. The molecule has 2 N–H and O–H groups in total. The van der Waals surface area contributed by atoms with Crippen molar-refractivity contribution < 1.29 is 9.90 Å². The molecule has 0 aromatic heterocycles. The normalized spacial score (nSPS) is 24.6. The highest BCUT2D eigenvalue weighted by molar-refractivity contribution is 5.98. The number of aliphatic hydroxyl groups excluding tert-OH is 1. The Hall–Kier alpha value is -2.39. The summed E-state index contributed by atoms with van der Waals surface area (Å²) in [5.41, 5.74) is 5.68. The van der Waals surface area contributed by atoms with Crippen LogP contribution >= 0.6 is 0 Å². The van der Waals surface area contributed by atoms with Crippen LogP contribution in [0.3, 0.4) is 0 Å². The first-order valence-electron chi connectivity index (χ1n) is 10.8. The van der Waals surface area contributed by atoms with Crippen molar-refractivity contribution in [3.8, 4) is 11.1 Å². The molecule has 1 saturated carbocycles. The Morgan fingerprint density at radius 3 is 2.69 bits per heavy atom. The van der Waals surface area contributed by atoms with E-state index >= 15 is 0 Å². The minimum absolute atomic E-state index is 0.0345. The highest BCUT2D eigenvalue weighted by Gasteiger charge is 2.30. The van der Waals surface area contributed by atoms with Gasteiger partial charge < -0.3 is 10.4 Å². The molecule has 152 valence electrons. The van der Waals surface area contributed by atoms with Gasteiger partial charge in [0.25, 0.3) is 0 Å². The third-order valence-corrected chi connectivity index (χ3v) is 6.34. The number of fused-ring (bicyclic) bond motifs is 1. The Bertz CT molecular complexity index is 914. The smallest absolute Gasteiger partial charge is 0.160 e. The van der Waals surface area contributed by atoms with Crippen molar-refractivity contribution in [3.05, 3.63) is 65.7 Å². The van der Waals surface area contributed by atoms with Gasteiger partial charge in [-0.3, -0.25) is 4.79 Å². The summed E-state index contributed by atoms with van der Waals surface area (Å²) in [4.78, 5) is 13.0. The summed E-state index contributed by atoms with van der Waals surface area (Å²) in [5.74, 6) is 0.501. The van der Waals surface area contributed by atoms with E-state index < -0.39 is 0 Å². The maximum atomic E-state index is 13.0. The number of nitrogens with one attached hydrogen (secondary N) is 1. The van der Waals surface area contributed by atoms with Crippen molar-refractivity contribution in [2.75, 3.05) is 6.61 Å². The second-order valence-electron chi connectivity index (χ2n) is 9.30. The van der Waals surface area contributed by atoms with Crippen LogP contribution in [0, 0.1) is 11.8 Å². The zero-order valence-corrected chi connectivity index (χ0v) is 17.4. The molecule has 2 aliphatic rings. The molecule has 29 heavy (non-hydrogen) atoms. The standard InChI is InChI=1S/C26H31NO2/c1-26(2)16-22-14-20(19-8-4-3-5-9-19)11-12-23(22)24(27-26)15-25(29)21-10-6-7-18(13-21)17-28/h3-5,8-9,11-12,14-15,18,21,27-28H,6-7,10,13,16-17H2,1-2H3/b24-15-. The molecule has 0 saturated heterocycles. The third-order valence-electron chi connectivity index (χ3n) is 6.34. The lowest BCUT2D eigenvalue weighted by Crippen LogP contribution is -2.44. The highest BCUT2D eigenvalue weighted by atomic mass is 16.3. The van der Waals surface area contributed by atoms with Gasteiger partial charge in [-0.25, -0.2) is 0 Å². The minimum Gasteiger partial charge on any atom is -0.396 e. The average molecular weight is 390 g/mol. The van der Waals surface area contributed by atoms with Crippen LogP contribution in [0.5, 0.6) is 0 Å². The number of allylic oxidation sites excluding steroid dienone is 1. The number of ketones is 1.